The Morgan fingerprint density at radius 2 is 1.65 bits per heavy atom. The third kappa shape index (κ3) is 4.60. The first-order valence-corrected chi connectivity index (χ1v) is 7.80. The van der Waals surface area contributed by atoms with Gasteiger partial charge in [-0.15, -0.1) is 0 Å². The monoisotopic (exact) mass is 345 g/mol. The molecule has 0 atom stereocenters. The molecule has 2 nitrogen and oxygen atoms in total. The summed E-state index contributed by atoms with van der Waals surface area (Å²) in [6.07, 6.45) is 0. The highest BCUT2D eigenvalue weighted by atomic mass is 35.5. The number of anilines is 1. The molecule has 1 amide bonds. The predicted octanol–water partition coefficient (Wildman–Crippen LogP) is 6.11. The van der Waals surface area contributed by atoms with Crippen LogP contribution < -0.4 is 5.32 Å². The van der Waals surface area contributed by atoms with E-state index in [4.69, 9.17) is 34.8 Å². The van der Waals surface area contributed by atoms with Crippen LogP contribution in [0.4, 0.5) is 10.5 Å². The molecule has 0 aliphatic heterocycles. The Hall–Kier alpha value is -0.870. The molecule has 0 saturated heterocycles. The Bertz CT molecular complexity index is 616. The maximum atomic E-state index is 11.8. The average Bonchev–Trinajstić information content (AvgIpc) is 2.41. The van der Waals surface area contributed by atoms with Crippen LogP contribution in [0.5, 0.6) is 0 Å². The first kappa shape index (κ1) is 15.5. The molecule has 0 bridgehead atoms. The molecule has 2 aromatic carbocycles. The van der Waals surface area contributed by atoms with E-state index in [-0.39, 0.29) is 5.24 Å². The summed E-state index contributed by atoms with van der Waals surface area (Å²) in [5.74, 6) is 0.564. The highest BCUT2D eigenvalue weighted by Gasteiger charge is 2.07. The number of nitrogens with one attached hydrogen (secondary N) is 1. The molecule has 0 aliphatic rings. The number of rotatable bonds is 3. The summed E-state index contributed by atoms with van der Waals surface area (Å²) in [5.41, 5.74) is 1.57. The molecule has 2 aromatic rings. The predicted molar refractivity (Wildman–Crippen MR) is 88.2 cm³/mol. The maximum Gasteiger partial charge on any atom is 0.283 e. The molecule has 6 heteroatoms. The zero-order chi connectivity index (χ0) is 14.5. The van der Waals surface area contributed by atoms with Gasteiger partial charge in [0.05, 0.1) is 10.7 Å². The second-order valence-electron chi connectivity index (χ2n) is 3.95. The number of amides is 1. The van der Waals surface area contributed by atoms with Gasteiger partial charge in [-0.3, -0.25) is 4.79 Å². The molecule has 0 heterocycles. The van der Waals surface area contributed by atoms with Gasteiger partial charge in [0.1, 0.15) is 0 Å². The number of benzene rings is 2. The highest BCUT2D eigenvalue weighted by molar-refractivity contribution is 8.13. The summed E-state index contributed by atoms with van der Waals surface area (Å²) >= 11 is 18.7. The molecule has 20 heavy (non-hydrogen) atoms. The zero-order valence-electron chi connectivity index (χ0n) is 10.2. The van der Waals surface area contributed by atoms with Crippen LogP contribution >= 0.6 is 46.6 Å². The van der Waals surface area contributed by atoms with Gasteiger partial charge in [0.15, 0.2) is 0 Å². The van der Waals surface area contributed by atoms with Gasteiger partial charge < -0.3 is 5.32 Å². The van der Waals surface area contributed by atoms with Crippen molar-refractivity contribution in [3.8, 4) is 0 Å². The molecule has 0 unspecified atom stereocenters. The van der Waals surface area contributed by atoms with Crippen LogP contribution in [0, 0.1) is 0 Å². The number of hydrogen-bond donors (Lipinski definition) is 1. The van der Waals surface area contributed by atoms with Crippen molar-refractivity contribution in [2.24, 2.45) is 0 Å². The van der Waals surface area contributed by atoms with Gasteiger partial charge in [0.25, 0.3) is 5.24 Å². The third-order valence-electron chi connectivity index (χ3n) is 2.45. The molecule has 0 aromatic heterocycles. The van der Waals surface area contributed by atoms with Gasteiger partial charge in [-0.2, -0.15) is 0 Å². The number of halogens is 3. The van der Waals surface area contributed by atoms with Crippen molar-refractivity contribution in [1.29, 1.82) is 0 Å². The van der Waals surface area contributed by atoms with E-state index in [0.29, 0.717) is 26.5 Å². The van der Waals surface area contributed by atoms with Crippen molar-refractivity contribution >= 4 is 57.5 Å². The Kier molecular flexibility index (Phi) is 5.61. The molecule has 1 N–H and O–H groups in total. The average molecular weight is 347 g/mol. The summed E-state index contributed by atoms with van der Waals surface area (Å²) in [4.78, 5) is 11.8. The smallest absolute Gasteiger partial charge is 0.283 e. The lowest BCUT2D eigenvalue weighted by molar-refractivity contribution is 0.269. The van der Waals surface area contributed by atoms with Gasteiger partial charge >= 0.3 is 0 Å². The third-order valence-corrected chi connectivity index (χ3v) is 4.09. The van der Waals surface area contributed by atoms with Crippen LogP contribution in [-0.2, 0) is 5.75 Å². The largest absolute Gasteiger partial charge is 0.315 e. The van der Waals surface area contributed by atoms with Crippen molar-refractivity contribution in [3.05, 3.63) is 63.1 Å². The van der Waals surface area contributed by atoms with Crippen molar-refractivity contribution < 1.29 is 4.79 Å². The van der Waals surface area contributed by atoms with Gasteiger partial charge in [-0.1, -0.05) is 58.7 Å². The molecule has 104 valence electrons. The lowest BCUT2D eigenvalue weighted by Gasteiger charge is -2.07. The lowest BCUT2D eigenvalue weighted by atomic mass is 10.2. The maximum absolute atomic E-state index is 11.8. The Morgan fingerprint density at radius 3 is 2.30 bits per heavy atom. The molecule has 0 aliphatic carbocycles. The minimum Gasteiger partial charge on any atom is -0.315 e. The number of thioether (sulfide) groups is 1. The van der Waals surface area contributed by atoms with E-state index < -0.39 is 0 Å². The first-order chi connectivity index (χ1) is 9.54. The normalized spacial score (nSPS) is 10.3. The summed E-state index contributed by atoms with van der Waals surface area (Å²) < 4.78 is 0. The van der Waals surface area contributed by atoms with E-state index in [1.54, 1.807) is 30.3 Å². The fourth-order valence-corrected chi connectivity index (χ4v) is 2.72. The topological polar surface area (TPSA) is 29.1 Å². The second-order valence-corrected chi connectivity index (χ2v) is 6.18. The second kappa shape index (κ2) is 7.23. The summed E-state index contributed by atoms with van der Waals surface area (Å²) in [6.45, 7) is 0. The molecule has 0 fully saturated rings. The lowest BCUT2D eigenvalue weighted by Crippen LogP contribution is -2.05. The van der Waals surface area contributed by atoms with E-state index in [1.165, 1.54) is 0 Å². The Labute approximate surface area is 136 Å². The first-order valence-electron chi connectivity index (χ1n) is 5.68. The number of carbonyl (C=O) groups excluding carboxylic acids is 1. The minimum atomic E-state index is -0.177. The van der Waals surface area contributed by atoms with Crippen molar-refractivity contribution in [1.82, 2.24) is 0 Å². The van der Waals surface area contributed by atoms with E-state index in [1.807, 2.05) is 12.1 Å². The molecule has 2 rings (SSSR count). The van der Waals surface area contributed by atoms with E-state index in [2.05, 4.69) is 5.32 Å². The Morgan fingerprint density at radius 1 is 1.00 bits per heavy atom. The summed E-state index contributed by atoms with van der Waals surface area (Å²) in [7, 11) is 0. The van der Waals surface area contributed by atoms with Crippen molar-refractivity contribution in [2.45, 2.75) is 5.75 Å². The number of carbonyl (C=O) groups is 1. The van der Waals surface area contributed by atoms with Crippen LogP contribution in [-0.4, -0.2) is 5.24 Å². The molecule has 0 saturated carbocycles. The Balaban J connectivity index is 1.90. The van der Waals surface area contributed by atoms with Crippen molar-refractivity contribution in [2.75, 3.05) is 5.32 Å². The van der Waals surface area contributed by atoms with Gasteiger partial charge in [0, 0.05) is 15.8 Å². The van der Waals surface area contributed by atoms with Crippen LogP contribution in [0.2, 0.25) is 15.1 Å². The summed E-state index contributed by atoms with van der Waals surface area (Å²) in [6, 6.07) is 12.3. The van der Waals surface area contributed by atoms with Gasteiger partial charge in [0.2, 0.25) is 0 Å². The highest BCUT2D eigenvalue weighted by Crippen LogP contribution is 2.27. The SMILES string of the molecule is O=C(Nc1ccc(Cl)cc1Cl)SCc1ccc(Cl)cc1. The van der Waals surface area contributed by atoms with E-state index in [9.17, 15) is 4.79 Å². The van der Waals surface area contributed by atoms with Crippen LogP contribution in [0.25, 0.3) is 0 Å². The van der Waals surface area contributed by atoms with Crippen LogP contribution in [0.3, 0.4) is 0 Å². The van der Waals surface area contributed by atoms with Crippen LogP contribution in [0.15, 0.2) is 42.5 Å². The standard InChI is InChI=1S/C14H10Cl3NOS/c15-10-3-1-9(2-4-10)8-20-14(19)18-13-6-5-11(16)7-12(13)17/h1-7H,8H2,(H,18,19). The molecular weight excluding hydrogens is 337 g/mol. The minimum absolute atomic E-state index is 0.177. The van der Waals surface area contributed by atoms with Gasteiger partial charge in [-0.05, 0) is 35.9 Å². The molecular formula is C14H10Cl3NOS. The van der Waals surface area contributed by atoms with E-state index in [0.717, 1.165) is 17.3 Å². The zero-order valence-corrected chi connectivity index (χ0v) is 13.3. The fourth-order valence-electron chi connectivity index (χ4n) is 1.47. The van der Waals surface area contributed by atoms with Crippen molar-refractivity contribution in [3.63, 3.8) is 0 Å². The van der Waals surface area contributed by atoms with E-state index >= 15 is 0 Å². The van der Waals surface area contributed by atoms with Gasteiger partial charge in [-0.25, -0.2) is 0 Å². The molecule has 0 radical (unpaired) electrons. The summed E-state index contributed by atoms with van der Waals surface area (Å²) in [5, 5.41) is 4.17. The fraction of sp³-hybridized carbons (Fsp3) is 0.0714. The van der Waals surface area contributed by atoms with Crippen LogP contribution in [0.1, 0.15) is 5.56 Å². The number of hydrogen-bond acceptors (Lipinski definition) is 2. The quantitative estimate of drug-likeness (QED) is 0.726. The molecule has 0 spiro atoms.